The highest BCUT2D eigenvalue weighted by Gasteiger charge is 2.12. The third kappa shape index (κ3) is 5.52. The zero-order chi connectivity index (χ0) is 19.9. The van der Waals surface area contributed by atoms with E-state index in [9.17, 15) is 4.39 Å². The van der Waals surface area contributed by atoms with Crippen molar-refractivity contribution in [2.45, 2.75) is 12.8 Å². The number of benzene rings is 3. The van der Waals surface area contributed by atoms with Crippen molar-refractivity contribution in [3.05, 3.63) is 119 Å². The topological polar surface area (TPSA) is 3.24 Å². The predicted octanol–water partition coefficient (Wildman–Crippen LogP) is 6.22. The molecule has 1 aliphatic heterocycles. The first-order valence-corrected chi connectivity index (χ1v) is 10.2. The van der Waals surface area contributed by atoms with Gasteiger partial charge in [0, 0.05) is 19.6 Å². The Morgan fingerprint density at radius 3 is 2.45 bits per heavy atom. The summed E-state index contributed by atoms with van der Waals surface area (Å²) in [4.78, 5) is 2.46. The molecule has 0 aromatic heterocycles. The van der Waals surface area contributed by atoms with Gasteiger partial charge in [-0.15, -0.1) is 0 Å². The third-order valence-corrected chi connectivity index (χ3v) is 5.39. The van der Waals surface area contributed by atoms with Crippen LogP contribution in [0.1, 0.15) is 28.7 Å². The second-order valence-electron chi connectivity index (χ2n) is 7.56. The summed E-state index contributed by atoms with van der Waals surface area (Å²) in [5, 5.41) is 0. The Kier molecular flexibility index (Phi) is 6.33. The van der Waals surface area contributed by atoms with Gasteiger partial charge in [-0.05, 0) is 52.8 Å². The van der Waals surface area contributed by atoms with Crippen LogP contribution in [0.2, 0.25) is 0 Å². The van der Waals surface area contributed by atoms with E-state index in [2.05, 4.69) is 71.7 Å². The van der Waals surface area contributed by atoms with Gasteiger partial charge in [0.05, 0.1) is 0 Å². The molecule has 3 aromatic carbocycles. The average molecular weight is 384 g/mol. The van der Waals surface area contributed by atoms with Crippen LogP contribution < -0.4 is 0 Å². The molecule has 29 heavy (non-hydrogen) atoms. The second kappa shape index (κ2) is 9.49. The van der Waals surface area contributed by atoms with Crippen LogP contribution in [0.4, 0.5) is 4.39 Å². The molecule has 0 saturated carbocycles. The fourth-order valence-corrected chi connectivity index (χ4v) is 3.76. The molecule has 4 rings (SSSR count). The predicted molar refractivity (Wildman–Crippen MR) is 120 cm³/mol. The minimum atomic E-state index is -0.182. The molecular weight excluding hydrogens is 357 g/mol. The van der Waals surface area contributed by atoms with Gasteiger partial charge in [-0.25, -0.2) is 4.39 Å². The van der Waals surface area contributed by atoms with E-state index in [-0.39, 0.29) is 5.82 Å². The molecule has 1 nitrogen and oxygen atoms in total. The highest BCUT2D eigenvalue weighted by molar-refractivity contribution is 5.67. The van der Waals surface area contributed by atoms with E-state index in [1.54, 1.807) is 0 Å². The first-order chi connectivity index (χ1) is 14.3. The molecule has 0 bridgehead atoms. The molecule has 2 heteroatoms. The van der Waals surface area contributed by atoms with E-state index in [4.69, 9.17) is 0 Å². The van der Waals surface area contributed by atoms with E-state index in [1.807, 2.05) is 18.2 Å². The van der Waals surface area contributed by atoms with E-state index in [1.165, 1.54) is 34.4 Å². The van der Waals surface area contributed by atoms with Crippen LogP contribution in [-0.4, -0.2) is 24.5 Å². The van der Waals surface area contributed by atoms with Crippen LogP contribution in [0.25, 0.3) is 11.6 Å². The number of hydrogen-bond donors (Lipinski definition) is 0. The molecular formula is C27H26FN. The van der Waals surface area contributed by atoms with Gasteiger partial charge in [0.25, 0.3) is 0 Å². The third-order valence-electron chi connectivity index (χ3n) is 5.39. The SMILES string of the molecule is Fc1ccc(Cc2cccc(C3=CCN(C/C=C/c4ccccc4)CC3)c2)cc1. The van der Waals surface area contributed by atoms with Crippen molar-refractivity contribution in [3.8, 4) is 0 Å². The second-order valence-corrected chi connectivity index (χ2v) is 7.56. The molecule has 0 aliphatic carbocycles. The maximum atomic E-state index is 13.1. The summed E-state index contributed by atoms with van der Waals surface area (Å²) in [6.45, 7) is 3.03. The maximum absolute atomic E-state index is 13.1. The van der Waals surface area contributed by atoms with Crippen LogP contribution in [0, 0.1) is 5.82 Å². The molecule has 3 aromatic rings. The van der Waals surface area contributed by atoms with Gasteiger partial charge in [-0.1, -0.05) is 85.0 Å². The lowest BCUT2D eigenvalue weighted by Crippen LogP contribution is -2.28. The monoisotopic (exact) mass is 383 g/mol. The van der Waals surface area contributed by atoms with Crippen LogP contribution in [-0.2, 0) is 6.42 Å². The van der Waals surface area contributed by atoms with E-state index < -0.39 is 0 Å². The summed E-state index contributed by atoms with van der Waals surface area (Å²) in [5.74, 6) is -0.182. The molecule has 1 heterocycles. The van der Waals surface area contributed by atoms with Crippen molar-refractivity contribution >= 4 is 11.6 Å². The summed E-state index contributed by atoms with van der Waals surface area (Å²) >= 11 is 0. The number of hydrogen-bond acceptors (Lipinski definition) is 1. The van der Waals surface area contributed by atoms with Gasteiger partial charge in [0.1, 0.15) is 5.82 Å². The Labute approximate surface area is 172 Å². The standard InChI is InChI=1S/C27H26FN/c28-27-13-11-23(12-14-27)20-24-8-4-10-26(21-24)25-15-18-29(19-16-25)17-5-9-22-6-2-1-3-7-22/h1-15,21H,16-20H2/b9-5+. The van der Waals surface area contributed by atoms with Gasteiger partial charge in [0.15, 0.2) is 0 Å². The summed E-state index contributed by atoms with van der Waals surface area (Å²) in [6, 6.07) is 26.0. The van der Waals surface area contributed by atoms with Crippen molar-refractivity contribution < 1.29 is 4.39 Å². The highest BCUT2D eigenvalue weighted by atomic mass is 19.1. The average Bonchev–Trinajstić information content (AvgIpc) is 2.77. The Bertz CT molecular complexity index is 987. The zero-order valence-corrected chi connectivity index (χ0v) is 16.6. The lowest BCUT2D eigenvalue weighted by Gasteiger charge is -2.25. The molecule has 0 radical (unpaired) electrons. The minimum absolute atomic E-state index is 0.182. The molecule has 0 amide bonds. The molecule has 0 spiro atoms. The van der Waals surface area contributed by atoms with Crippen molar-refractivity contribution in [1.29, 1.82) is 0 Å². The fraction of sp³-hybridized carbons (Fsp3) is 0.185. The highest BCUT2D eigenvalue weighted by Crippen LogP contribution is 2.24. The smallest absolute Gasteiger partial charge is 0.123 e. The molecule has 0 unspecified atom stereocenters. The van der Waals surface area contributed by atoms with Gasteiger partial charge in [-0.3, -0.25) is 4.90 Å². The molecule has 0 fully saturated rings. The van der Waals surface area contributed by atoms with Crippen LogP contribution >= 0.6 is 0 Å². The number of halogens is 1. The Morgan fingerprint density at radius 2 is 1.69 bits per heavy atom. The largest absolute Gasteiger partial charge is 0.296 e. The molecule has 1 aliphatic rings. The van der Waals surface area contributed by atoms with Crippen molar-refractivity contribution in [1.82, 2.24) is 4.90 Å². The van der Waals surface area contributed by atoms with Gasteiger partial charge in [0.2, 0.25) is 0 Å². The minimum Gasteiger partial charge on any atom is -0.296 e. The van der Waals surface area contributed by atoms with Crippen LogP contribution in [0.15, 0.2) is 91.0 Å². The lowest BCUT2D eigenvalue weighted by atomic mass is 9.95. The quantitative estimate of drug-likeness (QED) is 0.488. The Morgan fingerprint density at radius 1 is 0.862 bits per heavy atom. The molecule has 0 atom stereocenters. The van der Waals surface area contributed by atoms with Gasteiger partial charge < -0.3 is 0 Å². The zero-order valence-electron chi connectivity index (χ0n) is 16.6. The molecule has 146 valence electrons. The van der Waals surface area contributed by atoms with E-state index >= 15 is 0 Å². The summed E-state index contributed by atoms with van der Waals surface area (Å²) in [7, 11) is 0. The van der Waals surface area contributed by atoms with Crippen molar-refractivity contribution in [2.75, 3.05) is 19.6 Å². The van der Waals surface area contributed by atoms with Crippen LogP contribution in [0.3, 0.4) is 0 Å². The van der Waals surface area contributed by atoms with Crippen LogP contribution in [0.5, 0.6) is 0 Å². The van der Waals surface area contributed by atoms with E-state index in [0.717, 1.165) is 38.0 Å². The van der Waals surface area contributed by atoms with Gasteiger partial charge >= 0.3 is 0 Å². The van der Waals surface area contributed by atoms with Gasteiger partial charge in [-0.2, -0.15) is 0 Å². The van der Waals surface area contributed by atoms with E-state index in [0.29, 0.717) is 0 Å². The Balaban J connectivity index is 1.36. The number of nitrogens with zero attached hydrogens (tertiary/aromatic N) is 1. The summed E-state index contributed by atoms with van der Waals surface area (Å²) < 4.78 is 13.1. The Hall–Kier alpha value is -2.97. The lowest BCUT2D eigenvalue weighted by molar-refractivity contribution is 0.335. The first kappa shape index (κ1) is 19.4. The summed E-state index contributed by atoms with van der Waals surface area (Å²) in [5.41, 5.74) is 6.39. The first-order valence-electron chi connectivity index (χ1n) is 10.2. The normalized spacial score (nSPS) is 14.9. The molecule has 0 saturated heterocycles. The number of rotatable bonds is 6. The van der Waals surface area contributed by atoms with Crippen molar-refractivity contribution in [2.24, 2.45) is 0 Å². The summed E-state index contributed by atoms with van der Waals surface area (Å²) in [6.07, 6.45) is 8.70. The maximum Gasteiger partial charge on any atom is 0.123 e. The van der Waals surface area contributed by atoms with Crippen molar-refractivity contribution in [3.63, 3.8) is 0 Å². The fourth-order valence-electron chi connectivity index (χ4n) is 3.76. The molecule has 0 N–H and O–H groups in total.